The van der Waals surface area contributed by atoms with Crippen LogP contribution in [0.25, 0.3) is 0 Å². The second-order valence-corrected chi connectivity index (χ2v) is 11.4. The molecule has 34 heavy (non-hydrogen) atoms. The largest absolute Gasteiger partial charge is 0.488 e. The molecule has 1 aliphatic rings. The zero-order chi connectivity index (χ0) is 25.2. The van der Waals surface area contributed by atoms with Crippen LogP contribution in [0.3, 0.4) is 0 Å². The first kappa shape index (κ1) is 26.3. The summed E-state index contributed by atoms with van der Waals surface area (Å²) in [6.07, 6.45) is -0.530. The van der Waals surface area contributed by atoms with Gasteiger partial charge in [0.1, 0.15) is 11.9 Å². The first-order chi connectivity index (χ1) is 15.9. The molecular formula is C24H32ClN3O5S. The van der Waals surface area contributed by atoms with Gasteiger partial charge in [0.2, 0.25) is 10.0 Å². The van der Waals surface area contributed by atoms with Gasteiger partial charge in [-0.1, -0.05) is 18.5 Å². The van der Waals surface area contributed by atoms with E-state index in [1.165, 1.54) is 35.6 Å². The number of fused-ring (bicyclic) bond motifs is 1. The van der Waals surface area contributed by atoms with Gasteiger partial charge < -0.3 is 19.6 Å². The Morgan fingerprint density at radius 2 is 1.82 bits per heavy atom. The number of likely N-dealkylation sites (N-methyl/N-ethyl adjacent to an activating group) is 1. The van der Waals surface area contributed by atoms with Gasteiger partial charge in [0.25, 0.3) is 5.91 Å². The van der Waals surface area contributed by atoms with Crippen LogP contribution in [0.2, 0.25) is 5.02 Å². The lowest BCUT2D eigenvalue weighted by atomic mass is 9.99. The molecule has 0 bridgehead atoms. The second-order valence-electron chi connectivity index (χ2n) is 8.94. The molecule has 186 valence electrons. The van der Waals surface area contributed by atoms with Crippen molar-refractivity contribution < 1.29 is 23.1 Å². The predicted octanol–water partition coefficient (Wildman–Crippen LogP) is 2.95. The first-order valence-corrected chi connectivity index (χ1v) is 12.9. The summed E-state index contributed by atoms with van der Waals surface area (Å²) < 4.78 is 33.8. The number of hydrogen-bond acceptors (Lipinski definition) is 6. The molecular weight excluding hydrogens is 478 g/mol. The van der Waals surface area contributed by atoms with Gasteiger partial charge in [0.15, 0.2) is 0 Å². The number of anilines is 1. The monoisotopic (exact) mass is 509 g/mol. The Balaban J connectivity index is 1.97. The fraction of sp³-hybridized carbons (Fsp3) is 0.458. The molecule has 1 amide bonds. The minimum absolute atomic E-state index is 0.0799. The third kappa shape index (κ3) is 5.49. The minimum Gasteiger partial charge on any atom is -0.488 e. The van der Waals surface area contributed by atoms with E-state index in [1.807, 2.05) is 32.0 Å². The smallest absolute Gasteiger partial charge is 0.258 e. The number of amides is 1. The van der Waals surface area contributed by atoms with E-state index in [0.29, 0.717) is 22.9 Å². The summed E-state index contributed by atoms with van der Waals surface area (Å²) >= 11 is 5.91. The minimum atomic E-state index is -3.77. The van der Waals surface area contributed by atoms with E-state index in [9.17, 15) is 18.3 Å². The molecule has 0 aliphatic carbocycles. The highest BCUT2D eigenvalue weighted by atomic mass is 35.5. The van der Waals surface area contributed by atoms with Gasteiger partial charge in [0.05, 0.1) is 29.7 Å². The van der Waals surface area contributed by atoms with Crippen LogP contribution in [0.15, 0.2) is 47.4 Å². The van der Waals surface area contributed by atoms with Crippen LogP contribution in [0, 0.1) is 5.92 Å². The third-order valence-corrected chi connectivity index (χ3v) is 8.21. The summed E-state index contributed by atoms with van der Waals surface area (Å²) in [5, 5.41) is 10.2. The number of halogens is 1. The summed E-state index contributed by atoms with van der Waals surface area (Å²) in [7, 11) is 1.50. The van der Waals surface area contributed by atoms with Crippen molar-refractivity contribution in [2.24, 2.45) is 5.92 Å². The van der Waals surface area contributed by atoms with Crippen LogP contribution >= 0.6 is 11.6 Å². The van der Waals surface area contributed by atoms with Crippen molar-refractivity contribution in [3.8, 4) is 5.75 Å². The molecule has 10 heteroatoms. The van der Waals surface area contributed by atoms with Gasteiger partial charge in [0, 0.05) is 44.3 Å². The van der Waals surface area contributed by atoms with Gasteiger partial charge in [-0.3, -0.25) is 4.79 Å². The van der Waals surface area contributed by atoms with Crippen molar-refractivity contribution in [3.05, 3.63) is 53.1 Å². The van der Waals surface area contributed by atoms with Gasteiger partial charge in [-0.15, -0.1) is 0 Å². The number of carbonyl (C=O) groups excluding carboxylic acids is 1. The van der Waals surface area contributed by atoms with E-state index in [0.717, 1.165) is 5.69 Å². The molecule has 1 heterocycles. The van der Waals surface area contributed by atoms with Gasteiger partial charge in [-0.2, -0.15) is 4.31 Å². The molecule has 0 fully saturated rings. The summed E-state index contributed by atoms with van der Waals surface area (Å²) in [4.78, 5) is 17.1. The van der Waals surface area contributed by atoms with Gasteiger partial charge >= 0.3 is 0 Å². The number of aliphatic hydroxyl groups is 1. The van der Waals surface area contributed by atoms with Crippen LogP contribution in [-0.4, -0.2) is 81.6 Å². The predicted molar refractivity (Wildman–Crippen MR) is 133 cm³/mol. The molecule has 3 rings (SSSR count). The van der Waals surface area contributed by atoms with Crippen molar-refractivity contribution in [3.63, 3.8) is 0 Å². The molecule has 1 N–H and O–H groups in total. The molecule has 0 saturated carbocycles. The van der Waals surface area contributed by atoms with Crippen molar-refractivity contribution in [1.29, 1.82) is 0 Å². The first-order valence-electron chi connectivity index (χ1n) is 11.1. The Morgan fingerprint density at radius 3 is 2.41 bits per heavy atom. The zero-order valence-electron chi connectivity index (χ0n) is 20.1. The topological polar surface area (TPSA) is 90.4 Å². The summed E-state index contributed by atoms with van der Waals surface area (Å²) in [6.45, 7) is 3.91. The molecule has 2 aromatic carbocycles. The van der Waals surface area contributed by atoms with E-state index in [2.05, 4.69) is 0 Å². The van der Waals surface area contributed by atoms with Gasteiger partial charge in [-0.25, -0.2) is 8.42 Å². The van der Waals surface area contributed by atoms with Crippen LogP contribution in [0.4, 0.5) is 5.69 Å². The van der Waals surface area contributed by atoms with Gasteiger partial charge in [-0.05, 0) is 49.4 Å². The maximum atomic E-state index is 13.4. The number of ether oxygens (including phenoxy) is 1. The normalized spacial score (nSPS) is 19.8. The number of rotatable bonds is 7. The molecule has 0 saturated heterocycles. The SMILES string of the molecule is C[C@H](CO)N1C[C@H](C)[C@H](CN(C)S(=O)(=O)c2ccc(Cl)cc2)Oc2ccc(N(C)C)cc2C1=O. The van der Waals surface area contributed by atoms with Crippen LogP contribution in [-0.2, 0) is 10.0 Å². The lowest BCUT2D eigenvalue weighted by Gasteiger charge is -2.38. The Bertz CT molecular complexity index is 1120. The lowest BCUT2D eigenvalue weighted by molar-refractivity contribution is 0.0387. The fourth-order valence-electron chi connectivity index (χ4n) is 3.84. The van der Waals surface area contributed by atoms with E-state index in [1.54, 1.807) is 24.0 Å². The number of nitrogens with zero attached hydrogens (tertiary/aromatic N) is 3. The van der Waals surface area contributed by atoms with Crippen molar-refractivity contribution in [1.82, 2.24) is 9.21 Å². The van der Waals surface area contributed by atoms with Crippen molar-refractivity contribution in [2.45, 2.75) is 30.9 Å². The molecule has 2 aromatic rings. The summed E-state index contributed by atoms with van der Waals surface area (Å²) in [5.41, 5.74) is 1.21. The number of sulfonamides is 1. The average molecular weight is 510 g/mol. The molecule has 3 atom stereocenters. The van der Waals surface area contributed by atoms with Crippen LogP contribution in [0.5, 0.6) is 5.75 Å². The Kier molecular flexibility index (Phi) is 8.13. The van der Waals surface area contributed by atoms with E-state index >= 15 is 0 Å². The average Bonchev–Trinajstić information content (AvgIpc) is 2.80. The standard InChI is InChI=1S/C24H32ClN3O5S/c1-16-13-28(17(2)15-29)24(30)21-12-19(26(3)4)8-11-22(21)33-23(16)14-27(5)34(31,32)20-9-6-18(25)7-10-20/h6-12,16-17,23,29H,13-15H2,1-5H3/t16-,17+,23-/m0/s1. The van der Waals surface area contributed by atoms with Crippen LogP contribution in [0.1, 0.15) is 24.2 Å². The summed E-state index contributed by atoms with van der Waals surface area (Å²) in [5.74, 6) is -0.0465. The quantitative estimate of drug-likeness (QED) is 0.617. The molecule has 0 radical (unpaired) electrons. The number of benzene rings is 2. The summed E-state index contributed by atoms with van der Waals surface area (Å²) in [6, 6.07) is 11.0. The molecule has 0 spiro atoms. The molecule has 0 aromatic heterocycles. The number of hydrogen-bond donors (Lipinski definition) is 1. The number of carbonyl (C=O) groups is 1. The molecule has 0 unspecified atom stereocenters. The highest BCUT2D eigenvalue weighted by molar-refractivity contribution is 7.89. The van der Waals surface area contributed by atoms with E-state index in [-0.39, 0.29) is 29.9 Å². The maximum absolute atomic E-state index is 13.4. The Hall–Kier alpha value is -2.33. The van der Waals surface area contributed by atoms with E-state index in [4.69, 9.17) is 16.3 Å². The van der Waals surface area contributed by atoms with E-state index < -0.39 is 22.2 Å². The van der Waals surface area contributed by atoms with Crippen molar-refractivity contribution >= 4 is 33.2 Å². The highest BCUT2D eigenvalue weighted by Crippen LogP contribution is 2.31. The third-order valence-electron chi connectivity index (χ3n) is 6.12. The Labute approximate surface area is 206 Å². The van der Waals surface area contributed by atoms with Crippen molar-refractivity contribution in [2.75, 3.05) is 45.7 Å². The maximum Gasteiger partial charge on any atom is 0.258 e. The fourth-order valence-corrected chi connectivity index (χ4v) is 5.15. The Morgan fingerprint density at radius 1 is 1.18 bits per heavy atom. The molecule has 8 nitrogen and oxygen atoms in total. The van der Waals surface area contributed by atoms with Crippen LogP contribution < -0.4 is 9.64 Å². The molecule has 1 aliphatic heterocycles. The second kappa shape index (κ2) is 10.5. The lowest BCUT2D eigenvalue weighted by Crippen LogP contribution is -2.50. The highest BCUT2D eigenvalue weighted by Gasteiger charge is 2.35. The number of aliphatic hydroxyl groups excluding tert-OH is 1. The zero-order valence-corrected chi connectivity index (χ0v) is 21.7.